The Kier molecular flexibility index (Phi) is 2.89. The van der Waals surface area contributed by atoms with E-state index in [1.165, 1.54) is 11.3 Å². The summed E-state index contributed by atoms with van der Waals surface area (Å²) in [5.41, 5.74) is 3.26. The van der Waals surface area contributed by atoms with Gasteiger partial charge in [-0.05, 0) is 32.3 Å². The van der Waals surface area contributed by atoms with E-state index < -0.39 is 0 Å². The van der Waals surface area contributed by atoms with Gasteiger partial charge in [-0.15, -0.1) is 11.3 Å². The molecule has 0 saturated heterocycles. The van der Waals surface area contributed by atoms with E-state index in [-0.39, 0.29) is 16.5 Å². The lowest BCUT2D eigenvalue weighted by atomic mass is 9.87. The van der Waals surface area contributed by atoms with E-state index in [9.17, 15) is 4.79 Å². The molecule has 3 nitrogen and oxygen atoms in total. The zero-order valence-electron chi connectivity index (χ0n) is 11.9. The second kappa shape index (κ2) is 3.92. The van der Waals surface area contributed by atoms with Gasteiger partial charge in [0.1, 0.15) is 4.83 Å². The normalized spacial score (nSPS) is 13.2. The van der Waals surface area contributed by atoms with Crippen molar-refractivity contribution >= 4 is 21.7 Å². The van der Waals surface area contributed by atoms with Crippen molar-refractivity contribution in [2.75, 3.05) is 0 Å². The molecular weight excluding hydrogens is 244 g/mol. The van der Waals surface area contributed by atoms with Crippen molar-refractivity contribution in [3.05, 3.63) is 27.5 Å². The number of nitrogens with zero attached hydrogens (tertiary/aromatic N) is 2. The summed E-state index contributed by atoms with van der Waals surface area (Å²) in [6, 6.07) is 1.94. The molecule has 2 aromatic rings. The van der Waals surface area contributed by atoms with Gasteiger partial charge in [-0.25, -0.2) is 4.98 Å². The predicted octanol–water partition coefficient (Wildman–Crippen LogP) is 3.51. The SMILES string of the molecule is CC(C)(C)c1cc2ncsc2n(C(C)(C)C)c1=O. The number of hydrogen-bond donors (Lipinski definition) is 0. The van der Waals surface area contributed by atoms with Gasteiger partial charge in [-0.3, -0.25) is 9.36 Å². The molecule has 0 aliphatic rings. The van der Waals surface area contributed by atoms with E-state index in [1.807, 2.05) is 10.6 Å². The quantitative estimate of drug-likeness (QED) is 0.730. The molecule has 0 atom stereocenters. The van der Waals surface area contributed by atoms with E-state index in [0.717, 1.165) is 15.9 Å². The standard InChI is InChI=1S/C14H20N2OS/c1-13(2,3)9-7-10-12(18-8-15-10)16(11(9)17)14(4,5)6/h7-8H,1-6H3. The molecule has 0 aromatic carbocycles. The molecular formula is C14H20N2OS. The van der Waals surface area contributed by atoms with Gasteiger partial charge in [0.05, 0.1) is 11.0 Å². The Labute approximate surface area is 111 Å². The van der Waals surface area contributed by atoms with Gasteiger partial charge in [0.25, 0.3) is 5.56 Å². The molecule has 0 aliphatic carbocycles. The molecule has 98 valence electrons. The molecule has 0 spiro atoms. The molecule has 0 saturated carbocycles. The van der Waals surface area contributed by atoms with Crippen LogP contribution in [-0.2, 0) is 11.0 Å². The Balaban J connectivity index is 2.95. The van der Waals surface area contributed by atoms with Crippen LogP contribution in [0.15, 0.2) is 16.4 Å². The molecule has 0 fully saturated rings. The van der Waals surface area contributed by atoms with E-state index in [1.54, 1.807) is 5.51 Å². The van der Waals surface area contributed by atoms with Crippen LogP contribution < -0.4 is 5.56 Å². The Hall–Kier alpha value is -1.16. The average molecular weight is 264 g/mol. The highest BCUT2D eigenvalue weighted by molar-refractivity contribution is 7.16. The monoisotopic (exact) mass is 264 g/mol. The lowest BCUT2D eigenvalue weighted by Crippen LogP contribution is -2.38. The predicted molar refractivity (Wildman–Crippen MR) is 77.6 cm³/mol. The van der Waals surface area contributed by atoms with E-state index in [0.29, 0.717) is 0 Å². The van der Waals surface area contributed by atoms with E-state index in [2.05, 4.69) is 46.5 Å². The Morgan fingerprint density at radius 1 is 1.17 bits per heavy atom. The first-order chi connectivity index (χ1) is 8.12. The fraction of sp³-hybridized carbons (Fsp3) is 0.571. The van der Waals surface area contributed by atoms with Crippen molar-refractivity contribution in [1.29, 1.82) is 0 Å². The first-order valence-corrected chi connectivity index (χ1v) is 7.00. The number of fused-ring (bicyclic) bond motifs is 1. The summed E-state index contributed by atoms with van der Waals surface area (Å²) >= 11 is 1.53. The molecule has 0 unspecified atom stereocenters. The summed E-state index contributed by atoms with van der Waals surface area (Å²) in [6.07, 6.45) is 0. The zero-order chi connectivity index (χ0) is 13.7. The molecule has 0 aliphatic heterocycles. The van der Waals surface area contributed by atoms with Crippen LogP contribution in [0.1, 0.15) is 47.1 Å². The minimum Gasteiger partial charge on any atom is -0.293 e. The van der Waals surface area contributed by atoms with Crippen LogP contribution in [0.4, 0.5) is 0 Å². The highest BCUT2D eigenvalue weighted by atomic mass is 32.1. The maximum absolute atomic E-state index is 12.7. The second-order valence-electron chi connectivity index (χ2n) is 6.66. The summed E-state index contributed by atoms with van der Waals surface area (Å²) in [5.74, 6) is 0. The van der Waals surface area contributed by atoms with Gasteiger partial charge < -0.3 is 0 Å². The topological polar surface area (TPSA) is 34.9 Å². The van der Waals surface area contributed by atoms with E-state index >= 15 is 0 Å². The van der Waals surface area contributed by atoms with Crippen LogP contribution in [0.5, 0.6) is 0 Å². The Morgan fingerprint density at radius 3 is 2.28 bits per heavy atom. The third-order valence-corrected chi connectivity index (χ3v) is 3.80. The summed E-state index contributed by atoms with van der Waals surface area (Å²) in [5, 5.41) is 0. The first kappa shape index (κ1) is 13.3. The summed E-state index contributed by atoms with van der Waals surface area (Å²) in [4.78, 5) is 18.0. The molecule has 0 bridgehead atoms. The van der Waals surface area contributed by atoms with Crippen molar-refractivity contribution in [2.24, 2.45) is 0 Å². The lowest BCUT2D eigenvalue weighted by molar-refractivity contribution is 0.393. The van der Waals surface area contributed by atoms with Crippen LogP contribution in [0.3, 0.4) is 0 Å². The fourth-order valence-corrected chi connectivity index (χ4v) is 3.03. The largest absolute Gasteiger partial charge is 0.293 e. The smallest absolute Gasteiger partial charge is 0.255 e. The highest BCUT2D eigenvalue weighted by Crippen LogP contribution is 2.27. The Bertz CT molecular complexity index is 638. The summed E-state index contributed by atoms with van der Waals surface area (Å²) in [6.45, 7) is 12.4. The second-order valence-corrected chi connectivity index (χ2v) is 7.50. The minimum atomic E-state index is -0.233. The zero-order valence-corrected chi connectivity index (χ0v) is 12.7. The van der Waals surface area contributed by atoms with Gasteiger partial charge in [0, 0.05) is 11.1 Å². The van der Waals surface area contributed by atoms with Crippen molar-refractivity contribution in [2.45, 2.75) is 52.5 Å². The van der Waals surface area contributed by atoms with Gasteiger partial charge in [0.15, 0.2) is 0 Å². The maximum atomic E-state index is 12.7. The number of rotatable bonds is 0. The molecule has 4 heteroatoms. The van der Waals surface area contributed by atoms with Crippen molar-refractivity contribution in [1.82, 2.24) is 9.55 Å². The number of pyridine rings is 1. The molecule has 2 aromatic heterocycles. The third kappa shape index (κ3) is 2.09. The van der Waals surface area contributed by atoms with Crippen LogP contribution >= 0.6 is 11.3 Å². The molecule has 2 rings (SSSR count). The maximum Gasteiger partial charge on any atom is 0.255 e. The van der Waals surface area contributed by atoms with Crippen molar-refractivity contribution < 1.29 is 0 Å². The van der Waals surface area contributed by atoms with Gasteiger partial charge in [0.2, 0.25) is 0 Å². The molecule has 18 heavy (non-hydrogen) atoms. The van der Waals surface area contributed by atoms with Gasteiger partial charge >= 0.3 is 0 Å². The first-order valence-electron chi connectivity index (χ1n) is 6.12. The van der Waals surface area contributed by atoms with Crippen LogP contribution in [-0.4, -0.2) is 9.55 Å². The highest BCUT2D eigenvalue weighted by Gasteiger charge is 2.26. The van der Waals surface area contributed by atoms with Gasteiger partial charge in [-0.2, -0.15) is 0 Å². The molecule has 2 heterocycles. The van der Waals surface area contributed by atoms with Crippen molar-refractivity contribution in [3.8, 4) is 0 Å². The third-order valence-electron chi connectivity index (χ3n) is 2.97. The fourth-order valence-electron chi connectivity index (χ4n) is 2.07. The summed E-state index contributed by atoms with van der Waals surface area (Å²) in [7, 11) is 0. The van der Waals surface area contributed by atoms with Crippen LogP contribution in [0, 0.1) is 0 Å². The minimum absolute atomic E-state index is 0.103. The Morgan fingerprint density at radius 2 is 1.78 bits per heavy atom. The average Bonchev–Trinajstić information content (AvgIpc) is 2.59. The summed E-state index contributed by atoms with van der Waals surface area (Å²) < 4.78 is 1.88. The van der Waals surface area contributed by atoms with Crippen LogP contribution in [0.25, 0.3) is 10.3 Å². The molecule has 0 radical (unpaired) electrons. The van der Waals surface area contributed by atoms with Crippen molar-refractivity contribution in [3.63, 3.8) is 0 Å². The molecule has 0 amide bonds. The molecule has 0 N–H and O–H groups in total. The van der Waals surface area contributed by atoms with E-state index in [4.69, 9.17) is 0 Å². The number of hydrogen-bond acceptors (Lipinski definition) is 3. The number of thiazole rings is 1. The number of aromatic nitrogens is 2. The lowest BCUT2D eigenvalue weighted by Gasteiger charge is -2.26. The van der Waals surface area contributed by atoms with Crippen LogP contribution in [0.2, 0.25) is 0 Å². The van der Waals surface area contributed by atoms with Gasteiger partial charge in [-0.1, -0.05) is 20.8 Å².